The number of rotatable bonds is 6. The molecule has 0 aliphatic rings. The molecule has 0 spiro atoms. The van der Waals surface area contributed by atoms with Crippen molar-refractivity contribution in [1.29, 1.82) is 0 Å². The number of hydrazone groups is 1. The molecule has 0 fully saturated rings. The lowest BCUT2D eigenvalue weighted by molar-refractivity contribution is 0.306. The molecule has 0 unspecified atom stereocenters. The first-order valence-electron chi connectivity index (χ1n) is 7.16. The van der Waals surface area contributed by atoms with Crippen LogP contribution in [0.15, 0.2) is 59.0 Å². The summed E-state index contributed by atoms with van der Waals surface area (Å²) >= 11 is 7.36. The Bertz CT molecular complexity index is 833. The summed E-state index contributed by atoms with van der Waals surface area (Å²) in [7, 11) is 0. The van der Waals surface area contributed by atoms with Gasteiger partial charge in [0, 0.05) is 10.4 Å². The van der Waals surface area contributed by atoms with E-state index in [1.807, 2.05) is 48.5 Å². The van der Waals surface area contributed by atoms with Gasteiger partial charge in [-0.15, -0.1) is 11.3 Å². The van der Waals surface area contributed by atoms with E-state index in [-0.39, 0.29) is 0 Å². The summed E-state index contributed by atoms with van der Waals surface area (Å²) < 4.78 is 5.74. The largest absolute Gasteiger partial charge is 0.489 e. The quantitative estimate of drug-likeness (QED) is 0.506. The van der Waals surface area contributed by atoms with E-state index in [1.165, 1.54) is 11.3 Å². The molecule has 7 heteroatoms. The Kier molecular flexibility index (Phi) is 5.30. The van der Waals surface area contributed by atoms with Crippen LogP contribution in [-0.2, 0) is 6.61 Å². The smallest absolute Gasteiger partial charge is 0.205 e. The van der Waals surface area contributed by atoms with Crippen LogP contribution in [0.5, 0.6) is 5.75 Å². The van der Waals surface area contributed by atoms with E-state index >= 15 is 0 Å². The highest BCUT2D eigenvalue weighted by Crippen LogP contribution is 2.17. The van der Waals surface area contributed by atoms with E-state index in [0.29, 0.717) is 22.6 Å². The van der Waals surface area contributed by atoms with E-state index in [2.05, 4.69) is 15.5 Å². The zero-order valence-electron chi connectivity index (χ0n) is 12.6. The molecule has 1 aromatic heterocycles. The number of aromatic nitrogens is 1. The van der Waals surface area contributed by atoms with Crippen molar-refractivity contribution in [1.82, 2.24) is 4.98 Å². The summed E-state index contributed by atoms with van der Waals surface area (Å²) in [4.78, 5) is 4.06. The molecule has 0 aliphatic heterocycles. The van der Waals surface area contributed by atoms with E-state index in [9.17, 15) is 0 Å². The molecular weight excluding hydrogens is 344 g/mol. The number of nitrogens with two attached hydrogens (primary N) is 1. The molecular formula is C17H15ClN4OS. The van der Waals surface area contributed by atoms with E-state index in [0.717, 1.165) is 16.9 Å². The van der Waals surface area contributed by atoms with Crippen molar-refractivity contribution in [3.8, 4) is 5.75 Å². The Morgan fingerprint density at radius 1 is 1.25 bits per heavy atom. The molecule has 0 atom stereocenters. The van der Waals surface area contributed by atoms with Gasteiger partial charge in [0.1, 0.15) is 18.2 Å². The highest BCUT2D eigenvalue weighted by Gasteiger charge is 1.98. The predicted molar refractivity (Wildman–Crippen MR) is 100.0 cm³/mol. The van der Waals surface area contributed by atoms with Gasteiger partial charge in [0.25, 0.3) is 0 Å². The maximum atomic E-state index is 5.95. The van der Waals surface area contributed by atoms with Crippen molar-refractivity contribution in [3.05, 3.63) is 70.1 Å². The molecule has 1 heterocycles. The summed E-state index contributed by atoms with van der Waals surface area (Å²) in [5.41, 5.74) is 10.4. The van der Waals surface area contributed by atoms with Gasteiger partial charge in [-0.3, -0.25) is 5.43 Å². The van der Waals surface area contributed by atoms with Crippen molar-refractivity contribution >= 4 is 40.1 Å². The SMILES string of the molecule is Nc1csc(NN=Cc2ccc(OCc3cccc(Cl)c3)cc2)n1. The van der Waals surface area contributed by atoms with Crippen LogP contribution >= 0.6 is 22.9 Å². The van der Waals surface area contributed by atoms with E-state index < -0.39 is 0 Å². The second-order valence-electron chi connectivity index (χ2n) is 4.94. The second kappa shape index (κ2) is 7.81. The van der Waals surface area contributed by atoms with Crippen molar-refractivity contribution in [2.24, 2.45) is 5.10 Å². The van der Waals surface area contributed by atoms with Crippen LogP contribution in [0.2, 0.25) is 5.02 Å². The number of thiazole rings is 1. The van der Waals surface area contributed by atoms with Crippen molar-refractivity contribution < 1.29 is 4.74 Å². The molecule has 24 heavy (non-hydrogen) atoms. The lowest BCUT2D eigenvalue weighted by atomic mass is 10.2. The number of benzene rings is 2. The topological polar surface area (TPSA) is 72.5 Å². The standard InChI is InChI=1S/C17H15ClN4OS/c18-14-3-1-2-13(8-14)10-23-15-6-4-12(5-7-15)9-20-22-17-21-16(19)11-24-17/h1-9,11H,10,19H2,(H,21,22). The number of hydrogen-bond donors (Lipinski definition) is 2. The first-order valence-corrected chi connectivity index (χ1v) is 8.42. The Labute approximate surface area is 148 Å². The van der Waals surface area contributed by atoms with Crippen LogP contribution < -0.4 is 15.9 Å². The monoisotopic (exact) mass is 358 g/mol. The number of hydrogen-bond acceptors (Lipinski definition) is 6. The maximum absolute atomic E-state index is 5.95. The van der Waals surface area contributed by atoms with E-state index in [4.69, 9.17) is 22.1 Å². The lowest BCUT2D eigenvalue weighted by Crippen LogP contribution is -1.95. The molecule has 3 N–H and O–H groups in total. The van der Waals surface area contributed by atoms with Gasteiger partial charge in [0.05, 0.1) is 6.21 Å². The molecule has 0 bridgehead atoms. The van der Waals surface area contributed by atoms with Gasteiger partial charge < -0.3 is 10.5 Å². The normalized spacial score (nSPS) is 10.9. The number of nitrogens with one attached hydrogen (secondary N) is 1. The first-order chi connectivity index (χ1) is 11.7. The molecule has 0 saturated carbocycles. The summed E-state index contributed by atoms with van der Waals surface area (Å²) in [5, 5.41) is 7.24. The first kappa shape index (κ1) is 16.3. The summed E-state index contributed by atoms with van der Waals surface area (Å²) in [6.45, 7) is 0.473. The summed E-state index contributed by atoms with van der Waals surface area (Å²) in [5.74, 6) is 1.27. The van der Waals surface area contributed by atoms with Gasteiger partial charge in [-0.25, -0.2) is 4.98 Å². The van der Waals surface area contributed by atoms with Crippen LogP contribution in [0.25, 0.3) is 0 Å². The number of ether oxygens (including phenoxy) is 1. The Hall–Kier alpha value is -2.57. The molecule has 0 aliphatic carbocycles. The van der Waals surface area contributed by atoms with Crippen molar-refractivity contribution in [2.75, 3.05) is 11.2 Å². The fourth-order valence-electron chi connectivity index (χ4n) is 1.94. The number of halogens is 1. The third-order valence-corrected chi connectivity index (χ3v) is 4.07. The summed E-state index contributed by atoms with van der Waals surface area (Å²) in [6, 6.07) is 15.3. The van der Waals surface area contributed by atoms with Gasteiger partial charge in [-0.05, 0) is 47.5 Å². The van der Waals surface area contributed by atoms with Crippen LogP contribution in [0.4, 0.5) is 10.9 Å². The van der Waals surface area contributed by atoms with Gasteiger partial charge in [-0.2, -0.15) is 5.10 Å². The van der Waals surface area contributed by atoms with Gasteiger partial charge >= 0.3 is 0 Å². The molecule has 122 valence electrons. The molecule has 5 nitrogen and oxygen atoms in total. The molecule has 0 radical (unpaired) electrons. The highest BCUT2D eigenvalue weighted by atomic mass is 35.5. The minimum Gasteiger partial charge on any atom is -0.489 e. The maximum Gasteiger partial charge on any atom is 0.205 e. The average molecular weight is 359 g/mol. The minimum atomic E-state index is 0.473. The predicted octanol–water partition coefficient (Wildman–Crippen LogP) is 4.40. The van der Waals surface area contributed by atoms with E-state index in [1.54, 1.807) is 11.6 Å². The third kappa shape index (κ3) is 4.71. The minimum absolute atomic E-state index is 0.473. The molecule has 0 saturated heterocycles. The highest BCUT2D eigenvalue weighted by molar-refractivity contribution is 7.14. The van der Waals surface area contributed by atoms with Gasteiger partial charge in [-0.1, -0.05) is 23.7 Å². The number of nitrogen functional groups attached to an aromatic ring is 1. The summed E-state index contributed by atoms with van der Waals surface area (Å²) in [6.07, 6.45) is 1.71. The third-order valence-electron chi connectivity index (χ3n) is 3.07. The average Bonchev–Trinajstić information content (AvgIpc) is 3.00. The van der Waals surface area contributed by atoms with Crippen LogP contribution in [0.3, 0.4) is 0 Å². The zero-order chi connectivity index (χ0) is 16.8. The zero-order valence-corrected chi connectivity index (χ0v) is 14.2. The Morgan fingerprint density at radius 3 is 2.79 bits per heavy atom. The fraction of sp³-hybridized carbons (Fsp3) is 0.0588. The number of nitrogens with zero attached hydrogens (tertiary/aromatic N) is 2. The molecule has 3 rings (SSSR count). The van der Waals surface area contributed by atoms with Crippen LogP contribution in [0, 0.1) is 0 Å². The molecule has 3 aromatic rings. The van der Waals surface area contributed by atoms with Gasteiger partial charge in [0.2, 0.25) is 5.13 Å². The van der Waals surface area contributed by atoms with Crippen molar-refractivity contribution in [3.63, 3.8) is 0 Å². The second-order valence-corrected chi connectivity index (χ2v) is 6.23. The number of anilines is 2. The van der Waals surface area contributed by atoms with Crippen LogP contribution in [-0.4, -0.2) is 11.2 Å². The Balaban J connectivity index is 1.53. The molecule has 2 aromatic carbocycles. The molecule has 0 amide bonds. The lowest BCUT2D eigenvalue weighted by Gasteiger charge is -2.06. The van der Waals surface area contributed by atoms with Gasteiger partial charge in [0.15, 0.2) is 0 Å². The fourth-order valence-corrected chi connectivity index (χ4v) is 2.70. The van der Waals surface area contributed by atoms with Crippen LogP contribution in [0.1, 0.15) is 11.1 Å². The Morgan fingerprint density at radius 2 is 2.08 bits per heavy atom. The van der Waals surface area contributed by atoms with Crippen molar-refractivity contribution in [2.45, 2.75) is 6.61 Å².